The first-order chi connectivity index (χ1) is 14.0. The Morgan fingerprint density at radius 1 is 1.14 bits per heavy atom. The SMILES string of the molecule is COc1cc(C(C)NC(=O)Cc2ccccc2C(=O)O)ccc1OC1CCCC1. The van der Waals surface area contributed by atoms with E-state index in [-0.39, 0.29) is 30.0 Å². The molecule has 2 aromatic rings. The lowest BCUT2D eigenvalue weighted by molar-refractivity contribution is -0.121. The summed E-state index contributed by atoms with van der Waals surface area (Å²) in [5, 5.41) is 12.2. The van der Waals surface area contributed by atoms with Gasteiger partial charge in [0.05, 0.1) is 31.2 Å². The number of methoxy groups -OCH3 is 1. The summed E-state index contributed by atoms with van der Waals surface area (Å²) in [5.74, 6) is 0.0873. The third-order valence-corrected chi connectivity index (χ3v) is 5.26. The summed E-state index contributed by atoms with van der Waals surface area (Å²) in [7, 11) is 1.60. The van der Waals surface area contributed by atoms with Crippen LogP contribution in [0.4, 0.5) is 0 Å². The highest BCUT2D eigenvalue weighted by atomic mass is 16.5. The minimum Gasteiger partial charge on any atom is -0.493 e. The molecule has 29 heavy (non-hydrogen) atoms. The van der Waals surface area contributed by atoms with Gasteiger partial charge in [-0.25, -0.2) is 4.79 Å². The molecule has 1 saturated carbocycles. The van der Waals surface area contributed by atoms with Crippen LogP contribution in [0, 0.1) is 0 Å². The molecule has 0 heterocycles. The summed E-state index contributed by atoms with van der Waals surface area (Å²) in [6.45, 7) is 1.88. The molecule has 0 aromatic heterocycles. The molecular formula is C23H27NO5. The lowest BCUT2D eigenvalue weighted by atomic mass is 10.0. The number of hydrogen-bond acceptors (Lipinski definition) is 4. The Morgan fingerprint density at radius 2 is 1.86 bits per heavy atom. The van der Waals surface area contributed by atoms with Gasteiger partial charge in [0.2, 0.25) is 5.91 Å². The van der Waals surface area contributed by atoms with E-state index in [2.05, 4.69) is 5.32 Å². The van der Waals surface area contributed by atoms with Gasteiger partial charge in [0, 0.05) is 0 Å². The van der Waals surface area contributed by atoms with E-state index in [0.717, 1.165) is 24.2 Å². The predicted octanol–water partition coefficient (Wildman–Crippen LogP) is 4.13. The smallest absolute Gasteiger partial charge is 0.335 e. The molecule has 0 radical (unpaired) electrons. The predicted molar refractivity (Wildman–Crippen MR) is 110 cm³/mol. The Balaban J connectivity index is 1.66. The molecule has 2 aromatic carbocycles. The number of aromatic carboxylic acids is 1. The van der Waals surface area contributed by atoms with E-state index in [0.29, 0.717) is 11.3 Å². The van der Waals surface area contributed by atoms with Crippen molar-refractivity contribution in [1.29, 1.82) is 0 Å². The van der Waals surface area contributed by atoms with Crippen molar-refractivity contribution in [2.45, 2.75) is 51.2 Å². The third-order valence-electron chi connectivity index (χ3n) is 5.26. The molecule has 6 nitrogen and oxygen atoms in total. The summed E-state index contributed by atoms with van der Waals surface area (Å²) in [5.41, 5.74) is 1.52. The fourth-order valence-corrected chi connectivity index (χ4v) is 3.67. The van der Waals surface area contributed by atoms with Crippen molar-refractivity contribution in [2.24, 2.45) is 0 Å². The van der Waals surface area contributed by atoms with Gasteiger partial charge < -0.3 is 19.9 Å². The van der Waals surface area contributed by atoms with Crippen LogP contribution in [0.3, 0.4) is 0 Å². The number of carboxylic acids is 1. The molecule has 154 valence electrons. The lowest BCUT2D eigenvalue weighted by Crippen LogP contribution is -2.28. The Kier molecular flexibility index (Phi) is 6.75. The van der Waals surface area contributed by atoms with Crippen LogP contribution >= 0.6 is 0 Å². The fraction of sp³-hybridized carbons (Fsp3) is 0.391. The molecule has 1 fully saturated rings. The van der Waals surface area contributed by atoms with Crippen LogP contribution in [-0.4, -0.2) is 30.2 Å². The molecule has 3 rings (SSSR count). The number of hydrogen-bond donors (Lipinski definition) is 2. The molecule has 0 bridgehead atoms. The molecule has 1 atom stereocenters. The van der Waals surface area contributed by atoms with Crippen LogP contribution in [0.15, 0.2) is 42.5 Å². The van der Waals surface area contributed by atoms with Gasteiger partial charge in [-0.1, -0.05) is 24.3 Å². The van der Waals surface area contributed by atoms with Crippen LogP contribution in [0.25, 0.3) is 0 Å². The molecule has 0 spiro atoms. The van der Waals surface area contributed by atoms with E-state index in [1.807, 2.05) is 25.1 Å². The van der Waals surface area contributed by atoms with E-state index in [1.54, 1.807) is 25.3 Å². The molecule has 0 aliphatic heterocycles. The van der Waals surface area contributed by atoms with Crippen LogP contribution < -0.4 is 14.8 Å². The molecule has 2 N–H and O–H groups in total. The normalized spacial score (nSPS) is 15.0. The highest BCUT2D eigenvalue weighted by molar-refractivity contribution is 5.91. The van der Waals surface area contributed by atoms with Crippen LogP contribution in [-0.2, 0) is 11.2 Å². The second-order valence-electron chi connectivity index (χ2n) is 7.36. The number of carbonyl (C=O) groups is 2. The van der Waals surface area contributed by atoms with E-state index in [9.17, 15) is 14.7 Å². The lowest BCUT2D eigenvalue weighted by Gasteiger charge is -2.19. The van der Waals surface area contributed by atoms with Crippen molar-refractivity contribution in [3.05, 3.63) is 59.2 Å². The zero-order valence-corrected chi connectivity index (χ0v) is 16.8. The summed E-state index contributed by atoms with van der Waals surface area (Å²) in [6.07, 6.45) is 4.76. The maximum absolute atomic E-state index is 12.5. The van der Waals surface area contributed by atoms with E-state index >= 15 is 0 Å². The van der Waals surface area contributed by atoms with Gasteiger partial charge in [0.1, 0.15) is 0 Å². The largest absolute Gasteiger partial charge is 0.493 e. The van der Waals surface area contributed by atoms with E-state index in [1.165, 1.54) is 18.9 Å². The molecular weight excluding hydrogens is 370 g/mol. The van der Waals surface area contributed by atoms with Crippen LogP contribution in [0.1, 0.15) is 60.1 Å². The minimum atomic E-state index is -1.04. The quantitative estimate of drug-likeness (QED) is 0.699. The van der Waals surface area contributed by atoms with Gasteiger partial charge in [-0.2, -0.15) is 0 Å². The Labute approximate surface area is 170 Å². The highest BCUT2D eigenvalue weighted by Crippen LogP contribution is 2.33. The van der Waals surface area contributed by atoms with Crippen molar-refractivity contribution in [3.8, 4) is 11.5 Å². The number of benzene rings is 2. The van der Waals surface area contributed by atoms with E-state index in [4.69, 9.17) is 9.47 Å². The maximum Gasteiger partial charge on any atom is 0.335 e. The first kappa shape index (κ1) is 20.7. The van der Waals surface area contributed by atoms with Gasteiger partial charge in [-0.05, 0) is 61.9 Å². The van der Waals surface area contributed by atoms with Crippen molar-refractivity contribution in [2.75, 3.05) is 7.11 Å². The summed E-state index contributed by atoms with van der Waals surface area (Å²) in [4.78, 5) is 23.8. The van der Waals surface area contributed by atoms with Crippen molar-refractivity contribution < 1.29 is 24.2 Å². The zero-order valence-electron chi connectivity index (χ0n) is 16.8. The molecule has 1 aliphatic rings. The number of carboxylic acid groups (broad SMARTS) is 1. The van der Waals surface area contributed by atoms with Gasteiger partial charge >= 0.3 is 5.97 Å². The molecule has 1 aliphatic carbocycles. The number of amides is 1. The summed E-state index contributed by atoms with van der Waals surface area (Å²) >= 11 is 0. The number of ether oxygens (including phenoxy) is 2. The first-order valence-corrected chi connectivity index (χ1v) is 9.93. The standard InChI is InChI=1S/C23H27NO5/c1-15(24-22(25)14-17-7-3-6-10-19(17)23(26)27)16-11-12-20(21(13-16)28-2)29-18-8-4-5-9-18/h3,6-7,10-13,15,18H,4-5,8-9,14H2,1-2H3,(H,24,25)(H,26,27). The maximum atomic E-state index is 12.5. The van der Waals surface area contributed by atoms with Gasteiger partial charge in [-0.3, -0.25) is 4.79 Å². The number of nitrogens with one attached hydrogen (secondary N) is 1. The molecule has 1 amide bonds. The van der Waals surface area contributed by atoms with Crippen molar-refractivity contribution in [3.63, 3.8) is 0 Å². The average Bonchev–Trinajstić information content (AvgIpc) is 3.21. The Hall–Kier alpha value is -3.02. The molecule has 6 heteroatoms. The average molecular weight is 397 g/mol. The monoisotopic (exact) mass is 397 g/mol. The van der Waals surface area contributed by atoms with Crippen molar-refractivity contribution >= 4 is 11.9 Å². The number of carbonyl (C=O) groups excluding carboxylic acids is 1. The third kappa shape index (κ3) is 5.28. The fourth-order valence-electron chi connectivity index (χ4n) is 3.67. The van der Waals surface area contributed by atoms with Crippen LogP contribution in [0.2, 0.25) is 0 Å². The molecule has 1 unspecified atom stereocenters. The van der Waals surface area contributed by atoms with Gasteiger partial charge in [0.15, 0.2) is 11.5 Å². The van der Waals surface area contributed by atoms with Gasteiger partial charge in [0.25, 0.3) is 0 Å². The Morgan fingerprint density at radius 3 is 2.55 bits per heavy atom. The molecule has 0 saturated heterocycles. The van der Waals surface area contributed by atoms with Gasteiger partial charge in [-0.15, -0.1) is 0 Å². The minimum absolute atomic E-state index is 0.00677. The number of rotatable bonds is 8. The first-order valence-electron chi connectivity index (χ1n) is 9.93. The summed E-state index contributed by atoms with van der Waals surface area (Å²) < 4.78 is 11.5. The topological polar surface area (TPSA) is 84.9 Å². The van der Waals surface area contributed by atoms with Crippen LogP contribution in [0.5, 0.6) is 11.5 Å². The Bertz CT molecular complexity index is 873. The van der Waals surface area contributed by atoms with Crippen molar-refractivity contribution in [1.82, 2.24) is 5.32 Å². The summed E-state index contributed by atoms with van der Waals surface area (Å²) in [6, 6.07) is 12.0. The van der Waals surface area contributed by atoms with E-state index < -0.39 is 5.97 Å². The zero-order chi connectivity index (χ0) is 20.8. The highest BCUT2D eigenvalue weighted by Gasteiger charge is 2.20. The second kappa shape index (κ2) is 9.45. The second-order valence-corrected chi connectivity index (χ2v) is 7.36.